The van der Waals surface area contributed by atoms with Crippen LogP contribution in [0.4, 0.5) is 0 Å². The number of hydrogen-bond acceptors (Lipinski definition) is 6. The lowest BCUT2D eigenvalue weighted by molar-refractivity contribution is -0.167. The minimum absolute atomic E-state index is 0.0716. The number of allylic oxidation sites excluding steroid dienone is 6. The Balaban J connectivity index is 4.31. The van der Waals surface area contributed by atoms with E-state index in [0.717, 1.165) is 77.0 Å². The zero-order valence-electron chi connectivity index (χ0n) is 44.9. The molecule has 0 aromatic heterocycles. The number of hydrogen-bond donors (Lipinski definition) is 0. The lowest BCUT2D eigenvalue weighted by Gasteiger charge is -2.18. The number of carbonyl (C=O) groups is 3. The van der Waals surface area contributed by atoms with E-state index in [1.165, 1.54) is 199 Å². The Morgan fingerprint density at radius 2 is 0.537 bits per heavy atom. The second-order valence-corrected chi connectivity index (χ2v) is 19.9. The van der Waals surface area contributed by atoms with Crippen molar-refractivity contribution in [3.8, 4) is 0 Å². The first-order valence-corrected chi connectivity index (χ1v) is 29.5. The van der Waals surface area contributed by atoms with E-state index in [1.54, 1.807) is 0 Å². The quantitative estimate of drug-likeness (QED) is 0.0262. The van der Waals surface area contributed by atoms with Gasteiger partial charge in [0.2, 0.25) is 0 Å². The van der Waals surface area contributed by atoms with Gasteiger partial charge in [0.05, 0.1) is 0 Å². The fraction of sp³-hybridized carbons (Fsp3) is 0.852. The van der Waals surface area contributed by atoms with Crippen LogP contribution in [0, 0.1) is 0 Å². The normalized spacial score (nSPS) is 12.2. The monoisotopic (exact) mass is 941 g/mol. The zero-order valence-corrected chi connectivity index (χ0v) is 44.9. The van der Waals surface area contributed by atoms with E-state index in [0.29, 0.717) is 19.3 Å². The maximum Gasteiger partial charge on any atom is 0.306 e. The highest BCUT2D eigenvalue weighted by Crippen LogP contribution is 2.17. The van der Waals surface area contributed by atoms with Gasteiger partial charge in [0.15, 0.2) is 6.10 Å². The number of rotatable bonds is 54. The van der Waals surface area contributed by atoms with E-state index in [9.17, 15) is 14.4 Å². The molecule has 67 heavy (non-hydrogen) atoms. The minimum Gasteiger partial charge on any atom is -0.462 e. The summed E-state index contributed by atoms with van der Waals surface area (Å²) in [5, 5.41) is 0. The summed E-state index contributed by atoms with van der Waals surface area (Å²) < 4.78 is 16.9. The molecule has 0 rings (SSSR count). The molecule has 0 spiro atoms. The topological polar surface area (TPSA) is 78.9 Å². The molecule has 0 heterocycles. The van der Waals surface area contributed by atoms with E-state index < -0.39 is 6.10 Å². The van der Waals surface area contributed by atoms with Crippen LogP contribution < -0.4 is 0 Å². The molecule has 0 N–H and O–H groups in total. The summed E-state index contributed by atoms with van der Waals surface area (Å²) in [4.78, 5) is 38.1. The standard InChI is InChI=1S/C61H112O6/c1-4-7-10-13-16-19-22-24-26-28-30-32-34-36-39-42-45-48-51-54-60(63)66-57-58(56-65-59(62)53-50-47-44-41-38-21-18-15-12-9-6-3)67-61(64)55-52-49-46-43-40-37-35-33-31-29-27-25-23-20-17-14-11-8-5-2/h16,19,24,26,30,32,58H,4-15,17-18,20-23,25,27-29,31,33-57H2,1-3H3/b19-16-,26-24-,32-30-. The predicted octanol–water partition coefficient (Wildman–Crippen LogP) is 19.7. The Labute approximate surface area is 416 Å². The third-order valence-corrected chi connectivity index (χ3v) is 13.1. The molecule has 0 bridgehead atoms. The van der Waals surface area contributed by atoms with Crippen LogP contribution in [0.2, 0.25) is 0 Å². The SMILES string of the molecule is CCCCC/C=C\C/C=C\C/C=C\CCCCCCCCC(=O)OCC(COC(=O)CCCCCCCCCCCCC)OC(=O)CCCCCCCCCCCCCCCCCCCCC. The highest BCUT2D eigenvalue weighted by atomic mass is 16.6. The molecule has 0 amide bonds. The lowest BCUT2D eigenvalue weighted by atomic mass is 10.0. The zero-order chi connectivity index (χ0) is 48.6. The van der Waals surface area contributed by atoms with E-state index in [1.807, 2.05) is 0 Å². The van der Waals surface area contributed by atoms with Crippen molar-refractivity contribution in [2.45, 2.75) is 322 Å². The summed E-state index contributed by atoms with van der Waals surface area (Å²) in [5.41, 5.74) is 0. The van der Waals surface area contributed by atoms with E-state index in [2.05, 4.69) is 57.2 Å². The van der Waals surface area contributed by atoms with Gasteiger partial charge in [-0.05, 0) is 57.8 Å². The molecule has 1 atom stereocenters. The van der Waals surface area contributed by atoms with Gasteiger partial charge < -0.3 is 14.2 Å². The van der Waals surface area contributed by atoms with Crippen molar-refractivity contribution < 1.29 is 28.6 Å². The Morgan fingerprint density at radius 3 is 0.866 bits per heavy atom. The van der Waals surface area contributed by atoms with Crippen LogP contribution in [0.25, 0.3) is 0 Å². The highest BCUT2D eigenvalue weighted by molar-refractivity contribution is 5.71. The molecule has 0 saturated carbocycles. The van der Waals surface area contributed by atoms with Gasteiger partial charge in [0, 0.05) is 19.3 Å². The van der Waals surface area contributed by atoms with Crippen molar-refractivity contribution in [3.63, 3.8) is 0 Å². The van der Waals surface area contributed by atoms with Crippen LogP contribution in [0.15, 0.2) is 36.5 Å². The number of carbonyl (C=O) groups excluding carboxylic acids is 3. The van der Waals surface area contributed by atoms with Crippen LogP contribution in [0.1, 0.15) is 316 Å². The van der Waals surface area contributed by atoms with Gasteiger partial charge in [-0.25, -0.2) is 0 Å². The van der Waals surface area contributed by atoms with Crippen LogP contribution in [-0.4, -0.2) is 37.2 Å². The van der Waals surface area contributed by atoms with E-state index >= 15 is 0 Å². The number of ether oxygens (including phenoxy) is 3. The van der Waals surface area contributed by atoms with Crippen LogP contribution in [0.5, 0.6) is 0 Å². The van der Waals surface area contributed by atoms with Crippen molar-refractivity contribution in [3.05, 3.63) is 36.5 Å². The molecule has 0 radical (unpaired) electrons. The number of unbranched alkanes of at least 4 members (excludes halogenated alkanes) is 37. The molecule has 0 aliphatic rings. The highest BCUT2D eigenvalue weighted by Gasteiger charge is 2.19. The van der Waals surface area contributed by atoms with Gasteiger partial charge in [-0.3, -0.25) is 14.4 Å². The van der Waals surface area contributed by atoms with Crippen LogP contribution >= 0.6 is 0 Å². The van der Waals surface area contributed by atoms with Crippen molar-refractivity contribution in [2.75, 3.05) is 13.2 Å². The average molecular weight is 942 g/mol. The molecule has 1 unspecified atom stereocenters. The van der Waals surface area contributed by atoms with Crippen molar-refractivity contribution >= 4 is 17.9 Å². The lowest BCUT2D eigenvalue weighted by Crippen LogP contribution is -2.30. The van der Waals surface area contributed by atoms with E-state index in [-0.39, 0.29) is 31.1 Å². The summed E-state index contributed by atoms with van der Waals surface area (Å²) >= 11 is 0. The molecule has 0 aliphatic carbocycles. The molecule has 0 aromatic rings. The molecule has 6 heteroatoms. The van der Waals surface area contributed by atoms with Crippen molar-refractivity contribution in [1.82, 2.24) is 0 Å². The molecular weight excluding hydrogens is 829 g/mol. The average Bonchev–Trinajstić information content (AvgIpc) is 3.33. The molecule has 6 nitrogen and oxygen atoms in total. The third kappa shape index (κ3) is 54.4. The molecular formula is C61H112O6. The maximum absolute atomic E-state index is 12.9. The van der Waals surface area contributed by atoms with Gasteiger partial charge in [0.1, 0.15) is 13.2 Å². The Bertz CT molecular complexity index is 1130. The fourth-order valence-electron chi connectivity index (χ4n) is 8.69. The van der Waals surface area contributed by atoms with Gasteiger partial charge in [-0.2, -0.15) is 0 Å². The van der Waals surface area contributed by atoms with E-state index in [4.69, 9.17) is 14.2 Å². The summed E-state index contributed by atoms with van der Waals surface area (Å²) in [6.45, 7) is 6.64. The molecule has 0 aliphatic heterocycles. The summed E-state index contributed by atoms with van der Waals surface area (Å²) in [7, 11) is 0. The second-order valence-electron chi connectivity index (χ2n) is 19.9. The first kappa shape index (κ1) is 64.6. The molecule has 0 fully saturated rings. The van der Waals surface area contributed by atoms with Crippen molar-refractivity contribution in [2.24, 2.45) is 0 Å². The van der Waals surface area contributed by atoms with Crippen LogP contribution in [-0.2, 0) is 28.6 Å². The predicted molar refractivity (Wildman–Crippen MR) is 289 cm³/mol. The summed E-state index contributed by atoms with van der Waals surface area (Å²) in [6.07, 6.45) is 67.1. The van der Waals surface area contributed by atoms with Crippen LogP contribution in [0.3, 0.4) is 0 Å². The molecule has 0 aromatic carbocycles. The summed E-state index contributed by atoms with van der Waals surface area (Å²) in [5.74, 6) is -0.866. The maximum atomic E-state index is 12.9. The van der Waals surface area contributed by atoms with Gasteiger partial charge in [0.25, 0.3) is 0 Å². The third-order valence-electron chi connectivity index (χ3n) is 13.1. The Morgan fingerprint density at radius 1 is 0.299 bits per heavy atom. The Hall–Kier alpha value is -2.37. The largest absolute Gasteiger partial charge is 0.462 e. The first-order chi connectivity index (χ1) is 33.0. The summed E-state index contributed by atoms with van der Waals surface area (Å²) in [6, 6.07) is 0. The Kier molecular flexibility index (Phi) is 54.2. The number of esters is 3. The van der Waals surface area contributed by atoms with Gasteiger partial charge in [-0.1, -0.05) is 276 Å². The molecule has 392 valence electrons. The van der Waals surface area contributed by atoms with Crippen molar-refractivity contribution in [1.29, 1.82) is 0 Å². The van der Waals surface area contributed by atoms with Gasteiger partial charge in [-0.15, -0.1) is 0 Å². The first-order valence-electron chi connectivity index (χ1n) is 29.5. The minimum atomic E-state index is -0.773. The smallest absolute Gasteiger partial charge is 0.306 e. The fourth-order valence-corrected chi connectivity index (χ4v) is 8.69. The second kappa shape index (κ2) is 56.2. The van der Waals surface area contributed by atoms with Gasteiger partial charge >= 0.3 is 17.9 Å². The molecule has 0 saturated heterocycles.